The SMILES string of the molecule is COc1ccc2c(c1)c(C(=O)N[C@H](C)c1ccc(OCC(F)(F)F)cn1)cn2C. The number of ether oxygens (including phenoxy) is 2. The largest absolute Gasteiger partial charge is 0.497 e. The van der Waals surface area contributed by atoms with E-state index in [4.69, 9.17) is 4.74 Å². The van der Waals surface area contributed by atoms with E-state index >= 15 is 0 Å². The Morgan fingerprint density at radius 3 is 2.59 bits per heavy atom. The molecule has 0 radical (unpaired) electrons. The number of benzene rings is 1. The average Bonchev–Trinajstić information content (AvgIpc) is 3.02. The third kappa shape index (κ3) is 4.79. The van der Waals surface area contributed by atoms with Crippen LogP contribution in [0.25, 0.3) is 10.9 Å². The molecule has 0 aliphatic heterocycles. The van der Waals surface area contributed by atoms with Gasteiger partial charge >= 0.3 is 6.18 Å². The highest BCUT2D eigenvalue weighted by Crippen LogP contribution is 2.26. The van der Waals surface area contributed by atoms with Gasteiger partial charge in [-0.05, 0) is 37.3 Å². The number of amides is 1. The van der Waals surface area contributed by atoms with Gasteiger partial charge in [0.15, 0.2) is 6.61 Å². The van der Waals surface area contributed by atoms with Crippen LogP contribution < -0.4 is 14.8 Å². The summed E-state index contributed by atoms with van der Waals surface area (Å²) in [5.41, 5.74) is 1.86. The summed E-state index contributed by atoms with van der Waals surface area (Å²) in [6, 6.07) is 7.93. The van der Waals surface area contributed by atoms with E-state index in [2.05, 4.69) is 15.0 Å². The van der Waals surface area contributed by atoms with E-state index in [1.807, 2.05) is 23.7 Å². The van der Waals surface area contributed by atoms with Crippen molar-refractivity contribution in [2.75, 3.05) is 13.7 Å². The van der Waals surface area contributed by atoms with E-state index in [9.17, 15) is 18.0 Å². The molecule has 0 fully saturated rings. The fraction of sp³-hybridized carbons (Fsp3) is 0.300. The van der Waals surface area contributed by atoms with Crippen LogP contribution in [0.2, 0.25) is 0 Å². The summed E-state index contributed by atoms with van der Waals surface area (Å²) in [6.07, 6.45) is -1.48. The molecule has 6 nitrogen and oxygen atoms in total. The normalized spacial score (nSPS) is 12.6. The number of carbonyl (C=O) groups is 1. The first kappa shape index (κ1) is 20.5. The fourth-order valence-corrected chi connectivity index (χ4v) is 2.93. The molecular formula is C20H20F3N3O3. The number of hydrogen-bond donors (Lipinski definition) is 1. The highest BCUT2D eigenvalue weighted by molar-refractivity contribution is 6.07. The number of fused-ring (bicyclic) bond motifs is 1. The van der Waals surface area contributed by atoms with Gasteiger partial charge in [-0.3, -0.25) is 9.78 Å². The number of methoxy groups -OCH3 is 1. The smallest absolute Gasteiger partial charge is 0.422 e. The van der Waals surface area contributed by atoms with Gasteiger partial charge in [0.1, 0.15) is 11.5 Å². The fourth-order valence-electron chi connectivity index (χ4n) is 2.93. The molecule has 1 aromatic carbocycles. The van der Waals surface area contributed by atoms with Crippen LogP contribution in [0.5, 0.6) is 11.5 Å². The second-order valence-electron chi connectivity index (χ2n) is 6.55. The molecule has 3 rings (SSSR count). The first-order valence-corrected chi connectivity index (χ1v) is 8.77. The van der Waals surface area contributed by atoms with Crippen molar-refractivity contribution in [1.82, 2.24) is 14.9 Å². The van der Waals surface area contributed by atoms with Gasteiger partial charge in [-0.15, -0.1) is 0 Å². The van der Waals surface area contributed by atoms with E-state index < -0.39 is 18.8 Å². The second-order valence-corrected chi connectivity index (χ2v) is 6.55. The Balaban J connectivity index is 1.73. The molecule has 2 aromatic heterocycles. The number of pyridine rings is 1. The summed E-state index contributed by atoms with van der Waals surface area (Å²) in [7, 11) is 3.40. The molecule has 1 atom stereocenters. The lowest BCUT2D eigenvalue weighted by Gasteiger charge is -2.14. The molecule has 0 aliphatic rings. The highest BCUT2D eigenvalue weighted by Gasteiger charge is 2.28. The topological polar surface area (TPSA) is 65.4 Å². The number of hydrogen-bond acceptors (Lipinski definition) is 4. The van der Waals surface area contributed by atoms with Crippen molar-refractivity contribution in [1.29, 1.82) is 0 Å². The zero-order valence-electron chi connectivity index (χ0n) is 16.1. The van der Waals surface area contributed by atoms with Gasteiger partial charge in [-0.2, -0.15) is 13.2 Å². The zero-order chi connectivity index (χ0) is 21.2. The van der Waals surface area contributed by atoms with Gasteiger partial charge in [-0.25, -0.2) is 0 Å². The maximum absolute atomic E-state index is 12.8. The van der Waals surface area contributed by atoms with Gasteiger partial charge in [0.05, 0.1) is 30.6 Å². The number of rotatable bonds is 6. The van der Waals surface area contributed by atoms with Crippen LogP contribution >= 0.6 is 0 Å². The van der Waals surface area contributed by atoms with E-state index in [1.165, 1.54) is 18.3 Å². The number of alkyl halides is 3. The van der Waals surface area contributed by atoms with E-state index in [-0.39, 0.29) is 11.7 Å². The summed E-state index contributed by atoms with van der Waals surface area (Å²) in [4.78, 5) is 16.9. The Kier molecular flexibility index (Phi) is 5.67. The Morgan fingerprint density at radius 1 is 1.24 bits per heavy atom. The van der Waals surface area contributed by atoms with Crippen LogP contribution in [0.15, 0.2) is 42.7 Å². The molecule has 3 aromatic rings. The van der Waals surface area contributed by atoms with Gasteiger partial charge in [-0.1, -0.05) is 0 Å². The Labute approximate surface area is 165 Å². The maximum Gasteiger partial charge on any atom is 0.422 e. The van der Waals surface area contributed by atoms with Gasteiger partial charge in [0.2, 0.25) is 0 Å². The molecule has 1 amide bonds. The van der Waals surface area contributed by atoms with E-state index in [0.29, 0.717) is 17.0 Å². The lowest BCUT2D eigenvalue weighted by atomic mass is 10.1. The number of aromatic nitrogens is 2. The highest BCUT2D eigenvalue weighted by atomic mass is 19.4. The van der Waals surface area contributed by atoms with Crippen molar-refractivity contribution in [2.24, 2.45) is 7.05 Å². The van der Waals surface area contributed by atoms with Crippen LogP contribution in [0.1, 0.15) is 29.0 Å². The number of halogens is 3. The predicted octanol–water partition coefficient (Wildman–Crippen LogP) is 4.01. The Bertz CT molecular complexity index is 1010. The van der Waals surface area contributed by atoms with Crippen LogP contribution in [-0.2, 0) is 7.05 Å². The number of nitrogens with one attached hydrogen (secondary N) is 1. The quantitative estimate of drug-likeness (QED) is 0.671. The van der Waals surface area contributed by atoms with Crippen LogP contribution in [0.3, 0.4) is 0 Å². The summed E-state index contributed by atoms with van der Waals surface area (Å²) in [6.45, 7) is 0.354. The van der Waals surface area contributed by atoms with Crippen molar-refractivity contribution < 1.29 is 27.4 Å². The molecule has 0 aliphatic carbocycles. The molecule has 0 spiro atoms. The van der Waals surface area contributed by atoms with Crippen LogP contribution in [0, 0.1) is 0 Å². The summed E-state index contributed by atoms with van der Waals surface area (Å²) < 4.78 is 48.4. The van der Waals surface area contributed by atoms with Crippen molar-refractivity contribution in [3.63, 3.8) is 0 Å². The standard InChI is InChI=1S/C20H20F3N3O3/c1-12(17-6-4-14(9-24-17)29-11-20(21,22)23)25-19(27)16-10-26(2)18-7-5-13(28-3)8-15(16)18/h4-10,12H,11H2,1-3H3,(H,25,27)/t12-/m1/s1. The minimum absolute atomic E-state index is 0.00532. The maximum atomic E-state index is 12.8. The Hall–Kier alpha value is -3.23. The van der Waals surface area contributed by atoms with Gasteiger partial charge in [0, 0.05) is 24.1 Å². The molecule has 29 heavy (non-hydrogen) atoms. The van der Waals surface area contributed by atoms with Crippen molar-refractivity contribution in [2.45, 2.75) is 19.1 Å². The number of aryl methyl sites for hydroxylation is 1. The molecule has 9 heteroatoms. The minimum atomic E-state index is -4.42. The minimum Gasteiger partial charge on any atom is -0.497 e. The number of carbonyl (C=O) groups excluding carboxylic acids is 1. The van der Waals surface area contributed by atoms with Crippen molar-refractivity contribution in [3.05, 3.63) is 54.0 Å². The van der Waals surface area contributed by atoms with Crippen LogP contribution in [-0.4, -0.2) is 35.4 Å². The molecule has 0 saturated carbocycles. The third-order valence-electron chi connectivity index (χ3n) is 4.39. The molecule has 154 valence electrons. The predicted molar refractivity (Wildman–Crippen MR) is 101 cm³/mol. The molecule has 0 bridgehead atoms. The lowest BCUT2D eigenvalue weighted by molar-refractivity contribution is -0.153. The molecule has 0 unspecified atom stereocenters. The summed E-state index contributed by atoms with van der Waals surface area (Å²) in [5, 5.41) is 3.61. The first-order valence-electron chi connectivity index (χ1n) is 8.77. The monoisotopic (exact) mass is 407 g/mol. The molecule has 1 N–H and O–H groups in total. The Morgan fingerprint density at radius 2 is 1.97 bits per heavy atom. The zero-order valence-corrected chi connectivity index (χ0v) is 16.1. The number of nitrogens with zero attached hydrogens (tertiary/aromatic N) is 2. The molecular weight excluding hydrogens is 387 g/mol. The van der Waals surface area contributed by atoms with Crippen LogP contribution in [0.4, 0.5) is 13.2 Å². The van der Waals surface area contributed by atoms with Crippen molar-refractivity contribution in [3.8, 4) is 11.5 Å². The van der Waals surface area contributed by atoms with Gasteiger partial charge in [0.25, 0.3) is 5.91 Å². The summed E-state index contributed by atoms with van der Waals surface area (Å²) >= 11 is 0. The average molecular weight is 407 g/mol. The third-order valence-corrected chi connectivity index (χ3v) is 4.39. The first-order chi connectivity index (χ1) is 13.7. The lowest BCUT2D eigenvalue weighted by Crippen LogP contribution is -2.27. The summed E-state index contributed by atoms with van der Waals surface area (Å²) in [5.74, 6) is 0.350. The van der Waals surface area contributed by atoms with E-state index in [1.54, 1.807) is 26.3 Å². The molecule has 2 heterocycles. The van der Waals surface area contributed by atoms with E-state index in [0.717, 1.165) is 10.9 Å². The van der Waals surface area contributed by atoms with Crippen molar-refractivity contribution >= 4 is 16.8 Å². The molecule has 0 saturated heterocycles. The second kappa shape index (κ2) is 8.02. The van der Waals surface area contributed by atoms with Gasteiger partial charge < -0.3 is 19.4 Å².